The lowest BCUT2D eigenvalue weighted by Gasteiger charge is -2.06. The SMILES string of the molecule is CCOC(=O)CS.CCOC(=O)c1cc2c(Br)c3sc(C(=O)OCC)cc3c(Br)c2s1.CCOC(=O)c1cc2cc3sc(C(=O)OCC)cc3cc2s1.O=Cc1c(F)c(Br)c(C=O)c(F)c1Br. The molecule has 67 heavy (non-hydrogen) atoms. The van der Waals surface area contributed by atoms with Crippen molar-refractivity contribution in [1.29, 1.82) is 0 Å². The van der Waals surface area contributed by atoms with Crippen LogP contribution in [0.4, 0.5) is 8.78 Å². The zero-order chi connectivity index (χ0) is 49.7. The van der Waals surface area contributed by atoms with Gasteiger partial charge in [-0.3, -0.25) is 14.4 Å². The van der Waals surface area contributed by atoms with Gasteiger partial charge in [0.25, 0.3) is 0 Å². The van der Waals surface area contributed by atoms with Crippen molar-refractivity contribution in [3.05, 3.63) is 96.6 Å². The molecule has 12 nitrogen and oxygen atoms in total. The molecule has 356 valence electrons. The molecular weight excluding hydrogens is 1240 g/mol. The summed E-state index contributed by atoms with van der Waals surface area (Å²) in [4.78, 5) is 80.8. The number of rotatable bonds is 12. The lowest BCUT2D eigenvalue weighted by Crippen LogP contribution is -2.03. The van der Waals surface area contributed by atoms with Crippen molar-refractivity contribution in [2.45, 2.75) is 34.6 Å². The van der Waals surface area contributed by atoms with E-state index in [2.05, 4.69) is 81.1 Å². The summed E-state index contributed by atoms with van der Waals surface area (Å²) in [5.74, 6) is -3.25. The summed E-state index contributed by atoms with van der Waals surface area (Å²) < 4.78 is 56.1. The Morgan fingerprint density at radius 2 is 0.821 bits per heavy atom. The second-order valence-electron chi connectivity index (χ2n) is 12.6. The molecule has 4 heterocycles. The van der Waals surface area contributed by atoms with Gasteiger partial charge in [0.2, 0.25) is 0 Å². The lowest BCUT2D eigenvalue weighted by atomic mass is 10.1. The molecule has 23 heteroatoms. The van der Waals surface area contributed by atoms with E-state index in [0.29, 0.717) is 52.5 Å². The minimum Gasteiger partial charge on any atom is -0.465 e. The van der Waals surface area contributed by atoms with Gasteiger partial charge >= 0.3 is 29.8 Å². The third-order valence-corrected chi connectivity index (χ3v) is 16.8. The summed E-state index contributed by atoms with van der Waals surface area (Å²) in [6, 6.07) is 11.3. The first kappa shape index (κ1) is 55.9. The Morgan fingerprint density at radius 3 is 1.09 bits per heavy atom. The summed E-state index contributed by atoms with van der Waals surface area (Å²) in [6.45, 7) is 10.8. The summed E-state index contributed by atoms with van der Waals surface area (Å²) >= 11 is 21.8. The Bertz CT molecular complexity index is 2680. The molecule has 0 atom stereocenters. The third-order valence-electron chi connectivity index (χ3n) is 8.40. The molecule has 7 aromatic rings. The zero-order valence-corrected chi connectivity index (χ0v) is 46.1. The van der Waals surface area contributed by atoms with Crippen LogP contribution in [0.3, 0.4) is 0 Å². The van der Waals surface area contributed by atoms with Gasteiger partial charge in [0, 0.05) is 29.1 Å². The fraction of sp³-hybridized carbons (Fsp3) is 0.250. The molecule has 0 unspecified atom stereocenters. The van der Waals surface area contributed by atoms with Gasteiger partial charge in [-0.2, -0.15) is 12.6 Å². The van der Waals surface area contributed by atoms with Gasteiger partial charge in [0.1, 0.15) is 31.1 Å². The second-order valence-corrected chi connectivity index (χ2v) is 20.4. The number of carbonyl (C=O) groups is 7. The minimum absolute atomic E-state index is 0.168. The van der Waals surface area contributed by atoms with Crippen LogP contribution in [-0.4, -0.2) is 81.2 Å². The van der Waals surface area contributed by atoms with Crippen molar-refractivity contribution in [1.82, 2.24) is 0 Å². The molecule has 0 N–H and O–H groups in total. The summed E-state index contributed by atoms with van der Waals surface area (Å²) in [6.07, 6.45) is 0.337. The van der Waals surface area contributed by atoms with Crippen molar-refractivity contribution >= 4 is 204 Å². The quantitative estimate of drug-likeness (QED) is 0.0405. The number of benzene rings is 3. The Morgan fingerprint density at radius 1 is 0.507 bits per heavy atom. The number of thiol groups is 1. The van der Waals surface area contributed by atoms with E-state index in [-0.39, 0.29) is 57.1 Å². The van der Waals surface area contributed by atoms with E-state index < -0.39 is 22.8 Å². The average Bonchev–Trinajstić information content (AvgIpc) is 4.13. The fourth-order valence-electron chi connectivity index (χ4n) is 5.54. The van der Waals surface area contributed by atoms with E-state index in [9.17, 15) is 42.3 Å². The smallest absolute Gasteiger partial charge is 0.348 e. The van der Waals surface area contributed by atoms with Gasteiger partial charge in [-0.25, -0.2) is 28.0 Å². The predicted molar refractivity (Wildman–Crippen MR) is 277 cm³/mol. The molecule has 0 aliphatic carbocycles. The largest absolute Gasteiger partial charge is 0.465 e. The van der Waals surface area contributed by atoms with Crippen molar-refractivity contribution in [3.8, 4) is 0 Å². The second kappa shape index (κ2) is 26.3. The van der Waals surface area contributed by atoms with Gasteiger partial charge < -0.3 is 23.7 Å². The van der Waals surface area contributed by atoms with Crippen LogP contribution in [0.5, 0.6) is 0 Å². The minimum atomic E-state index is -0.963. The summed E-state index contributed by atoms with van der Waals surface area (Å²) in [7, 11) is 0. The summed E-state index contributed by atoms with van der Waals surface area (Å²) in [5.41, 5.74) is -0.917. The van der Waals surface area contributed by atoms with Crippen molar-refractivity contribution < 1.29 is 66.0 Å². The van der Waals surface area contributed by atoms with Gasteiger partial charge in [0.15, 0.2) is 12.6 Å². The first-order valence-electron chi connectivity index (χ1n) is 19.5. The van der Waals surface area contributed by atoms with Crippen LogP contribution < -0.4 is 0 Å². The topological polar surface area (TPSA) is 166 Å². The number of esters is 5. The van der Waals surface area contributed by atoms with Gasteiger partial charge in [-0.1, -0.05) is 0 Å². The highest BCUT2D eigenvalue weighted by Gasteiger charge is 2.23. The zero-order valence-electron chi connectivity index (χ0n) is 35.6. The number of halogens is 6. The lowest BCUT2D eigenvalue weighted by molar-refractivity contribution is -0.139. The first-order valence-corrected chi connectivity index (χ1v) is 26.5. The van der Waals surface area contributed by atoms with Crippen molar-refractivity contribution in [2.75, 3.05) is 38.8 Å². The summed E-state index contributed by atoms with van der Waals surface area (Å²) in [5, 5.41) is 3.80. The van der Waals surface area contributed by atoms with Crippen LogP contribution in [0, 0.1) is 11.6 Å². The molecule has 3 aromatic carbocycles. The van der Waals surface area contributed by atoms with Gasteiger partial charge in [-0.05, 0) is 146 Å². The molecule has 0 saturated carbocycles. The Balaban J connectivity index is 0.000000210. The van der Waals surface area contributed by atoms with Gasteiger partial charge in [-0.15, -0.1) is 45.3 Å². The number of thiophene rings is 4. The fourth-order valence-corrected chi connectivity index (χ4v) is 12.4. The molecule has 0 spiro atoms. The van der Waals surface area contributed by atoms with Crippen LogP contribution in [-0.2, 0) is 28.5 Å². The standard InChI is InChI=1S/C16H12Br2O4S2.C16H14O4S2.C8H2Br2F2O2.C4H8O2S/c1-3-21-15(19)9-5-7-11(17)14-8(12(18)13(7)23-9)6-10(24-14)16(20)22-4-2;1-3-19-15(17)13-7-9-5-12-10(6-11(9)21-13)8-14(22-12)16(18)20-4-2;9-5-3(1-13)7(11)6(10)4(2-14)8(5)12;1-2-6-4(5)3-7/h5-6H,3-4H2,1-2H3;5-8H,3-4H2,1-2H3;1-2H;7H,2-3H2,1H3. The van der Waals surface area contributed by atoms with Crippen molar-refractivity contribution in [3.63, 3.8) is 0 Å². The van der Waals surface area contributed by atoms with Crippen LogP contribution in [0.15, 0.2) is 54.3 Å². The molecule has 0 bridgehead atoms. The first-order chi connectivity index (χ1) is 31.9. The molecule has 0 aliphatic rings. The third kappa shape index (κ3) is 13.6. The number of hydrogen-bond donors (Lipinski definition) is 1. The molecule has 0 amide bonds. The van der Waals surface area contributed by atoms with Crippen LogP contribution in [0.25, 0.3) is 40.3 Å². The van der Waals surface area contributed by atoms with E-state index in [0.717, 1.165) is 49.3 Å². The maximum Gasteiger partial charge on any atom is 0.348 e. The van der Waals surface area contributed by atoms with Gasteiger partial charge in [0.05, 0.1) is 68.3 Å². The highest BCUT2D eigenvalue weighted by molar-refractivity contribution is 9.11. The van der Waals surface area contributed by atoms with E-state index >= 15 is 0 Å². The maximum absolute atomic E-state index is 13.3. The van der Waals surface area contributed by atoms with E-state index in [1.807, 2.05) is 36.4 Å². The molecule has 0 saturated heterocycles. The number of aldehydes is 2. The molecule has 7 rings (SSSR count). The molecule has 0 fully saturated rings. The molecular formula is C44H36Br4F2O12S5. The highest BCUT2D eigenvalue weighted by atomic mass is 79.9. The number of carbonyl (C=O) groups excluding carboxylic acids is 7. The van der Waals surface area contributed by atoms with E-state index in [4.69, 9.17) is 18.9 Å². The van der Waals surface area contributed by atoms with Crippen LogP contribution in [0.1, 0.15) is 94.0 Å². The van der Waals surface area contributed by atoms with Crippen LogP contribution >= 0.6 is 122 Å². The molecule has 0 aliphatic heterocycles. The average molecular weight is 1270 g/mol. The normalized spacial score (nSPS) is 10.6. The Kier molecular flexibility index (Phi) is 22.0. The van der Waals surface area contributed by atoms with E-state index in [1.54, 1.807) is 34.6 Å². The predicted octanol–water partition coefficient (Wildman–Crippen LogP) is 14.1. The highest BCUT2D eigenvalue weighted by Crippen LogP contribution is 2.46. The Hall–Kier alpha value is -3.68. The maximum atomic E-state index is 13.3. The Labute approximate surface area is 436 Å². The number of fused-ring (bicyclic) bond motifs is 4. The molecule has 4 aromatic heterocycles. The monoisotopic (exact) mass is 1270 g/mol. The van der Waals surface area contributed by atoms with E-state index in [1.165, 1.54) is 45.3 Å². The van der Waals surface area contributed by atoms with Crippen LogP contribution in [0.2, 0.25) is 0 Å². The number of hydrogen-bond acceptors (Lipinski definition) is 17. The molecule has 0 radical (unpaired) electrons. The number of ether oxygens (including phenoxy) is 5. The van der Waals surface area contributed by atoms with Crippen molar-refractivity contribution in [2.24, 2.45) is 0 Å².